The quantitative estimate of drug-likeness (QED) is 0.120. The zero-order valence-corrected chi connectivity index (χ0v) is 26.7. The van der Waals surface area contributed by atoms with E-state index in [0.29, 0.717) is 18.5 Å². The summed E-state index contributed by atoms with van der Waals surface area (Å²) < 4.78 is 10.3. The van der Waals surface area contributed by atoms with Crippen LogP contribution in [-0.2, 0) is 30.3 Å². The van der Waals surface area contributed by atoms with E-state index in [1.165, 1.54) is 4.90 Å². The van der Waals surface area contributed by atoms with Crippen LogP contribution in [0.1, 0.15) is 104 Å². The molecule has 0 aliphatic carbocycles. The van der Waals surface area contributed by atoms with Gasteiger partial charge in [-0.05, 0) is 51.7 Å². The Kier molecular flexibility index (Phi) is 17.2. The van der Waals surface area contributed by atoms with Crippen LogP contribution >= 0.6 is 12.6 Å². The van der Waals surface area contributed by atoms with E-state index in [9.17, 15) is 19.2 Å². The molecule has 2 N–H and O–H groups in total. The van der Waals surface area contributed by atoms with E-state index < -0.39 is 41.6 Å². The first kappa shape index (κ1) is 36.3. The molecule has 0 saturated carbocycles. The fourth-order valence-electron chi connectivity index (χ4n) is 4.29. The van der Waals surface area contributed by atoms with Crippen molar-refractivity contribution in [3.8, 4) is 0 Å². The van der Waals surface area contributed by atoms with Gasteiger partial charge in [-0.15, -0.1) is 0 Å². The summed E-state index contributed by atoms with van der Waals surface area (Å²) in [5.41, 5.74) is 1.00. The predicted octanol–water partition coefficient (Wildman–Crippen LogP) is 5.37. The zero-order chi connectivity index (χ0) is 30.8. The number of thiol groups is 1. The molecule has 9 nitrogen and oxygen atoms in total. The lowest BCUT2D eigenvalue weighted by molar-refractivity contribution is -0.144. The minimum absolute atomic E-state index is 0.0198. The summed E-state index contributed by atoms with van der Waals surface area (Å²) in [6, 6.07) is 5.62. The topological polar surface area (TPSA) is 114 Å². The maximum Gasteiger partial charge on any atom is 0.408 e. The molecule has 232 valence electrons. The van der Waals surface area contributed by atoms with Crippen LogP contribution in [0.5, 0.6) is 0 Å². The van der Waals surface area contributed by atoms with Crippen LogP contribution in [0.15, 0.2) is 24.3 Å². The molecule has 1 rings (SSSR count). The Morgan fingerprint density at radius 3 is 2.15 bits per heavy atom. The number of aryl methyl sites for hydroxylation is 1. The highest BCUT2D eigenvalue weighted by Gasteiger charge is 2.35. The summed E-state index contributed by atoms with van der Waals surface area (Å²) in [6.45, 7) is 11.8. The van der Waals surface area contributed by atoms with Crippen molar-refractivity contribution in [1.29, 1.82) is 0 Å². The van der Waals surface area contributed by atoms with E-state index in [1.807, 2.05) is 31.2 Å². The lowest BCUT2D eigenvalue weighted by atomic mass is 10.00. The van der Waals surface area contributed by atoms with Gasteiger partial charge in [0.25, 0.3) is 0 Å². The van der Waals surface area contributed by atoms with E-state index in [-0.39, 0.29) is 25.3 Å². The highest BCUT2D eigenvalue weighted by atomic mass is 32.1. The number of amides is 3. The second-order valence-electron chi connectivity index (χ2n) is 11.0. The molecule has 1 aromatic rings. The molecule has 0 bridgehead atoms. The minimum Gasteiger partial charge on any atom is -0.466 e. The van der Waals surface area contributed by atoms with Gasteiger partial charge < -0.3 is 25.0 Å². The number of esters is 1. The van der Waals surface area contributed by atoms with Gasteiger partial charge in [-0.25, -0.2) is 4.79 Å². The summed E-state index contributed by atoms with van der Waals surface area (Å²) in [7, 11) is 0. The van der Waals surface area contributed by atoms with E-state index in [4.69, 9.17) is 9.47 Å². The molecular weight excluding hydrogens is 542 g/mol. The number of hydrogen-bond donors (Lipinski definition) is 3. The van der Waals surface area contributed by atoms with E-state index in [2.05, 4.69) is 30.2 Å². The smallest absolute Gasteiger partial charge is 0.408 e. The number of benzene rings is 1. The van der Waals surface area contributed by atoms with Crippen molar-refractivity contribution in [2.45, 2.75) is 111 Å². The molecule has 0 aromatic heterocycles. The maximum atomic E-state index is 14.0. The van der Waals surface area contributed by atoms with Gasteiger partial charge in [0.15, 0.2) is 0 Å². The van der Waals surface area contributed by atoms with Gasteiger partial charge in [0.2, 0.25) is 11.8 Å². The molecule has 0 aliphatic rings. The second-order valence-corrected chi connectivity index (χ2v) is 11.4. The minimum atomic E-state index is -1.00. The fourth-order valence-corrected chi connectivity index (χ4v) is 4.54. The number of nitrogens with one attached hydrogen (secondary N) is 2. The number of unbranched alkanes of at least 4 members (excludes halogenated alkanes) is 5. The summed E-state index contributed by atoms with van der Waals surface area (Å²) in [5, 5.41) is 5.45. The number of hydrogen-bond acceptors (Lipinski definition) is 7. The van der Waals surface area contributed by atoms with Gasteiger partial charge in [-0.2, -0.15) is 12.6 Å². The molecule has 2 unspecified atom stereocenters. The van der Waals surface area contributed by atoms with Crippen LogP contribution in [0.4, 0.5) is 4.79 Å². The number of carbonyl (C=O) groups is 4. The number of alkyl carbamates (subject to hydrolysis) is 1. The molecule has 0 saturated heterocycles. The van der Waals surface area contributed by atoms with Gasteiger partial charge >= 0.3 is 12.1 Å². The highest BCUT2D eigenvalue weighted by Crippen LogP contribution is 2.25. The zero-order valence-electron chi connectivity index (χ0n) is 25.8. The van der Waals surface area contributed by atoms with E-state index in [1.54, 1.807) is 27.7 Å². The monoisotopic (exact) mass is 593 g/mol. The Labute approximate surface area is 251 Å². The first-order valence-electron chi connectivity index (χ1n) is 14.9. The molecule has 0 spiro atoms. The Morgan fingerprint density at radius 2 is 1.59 bits per heavy atom. The first-order chi connectivity index (χ1) is 19.5. The van der Waals surface area contributed by atoms with Crippen LogP contribution in [0.3, 0.4) is 0 Å². The van der Waals surface area contributed by atoms with Crippen molar-refractivity contribution < 1.29 is 28.7 Å². The average Bonchev–Trinajstić information content (AvgIpc) is 2.92. The summed E-state index contributed by atoms with van der Waals surface area (Å²) >= 11 is 4.35. The molecule has 0 heterocycles. The Morgan fingerprint density at radius 1 is 0.951 bits per heavy atom. The fraction of sp³-hybridized carbons (Fsp3) is 0.677. The van der Waals surface area contributed by atoms with Crippen LogP contribution < -0.4 is 10.6 Å². The maximum absolute atomic E-state index is 14.0. The van der Waals surface area contributed by atoms with Crippen molar-refractivity contribution in [3.63, 3.8) is 0 Å². The van der Waals surface area contributed by atoms with Crippen molar-refractivity contribution in [2.24, 2.45) is 0 Å². The lowest BCUT2D eigenvalue weighted by Crippen LogP contribution is -2.54. The van der Waals surface area contributed by atoms with Crippen LogP contribution in [0.2, 0.25) is 0 Å². The number of nitrogens with zero attached hydrogens (tertiary/aromatic N) is 1. The Bertz CT molecular complexity index is 948. The standard InChI is InChI=1S/C31H51N3O6S/c1-7-10-11-12-13-14-21-34(29(37)25(22-41)33-30(38)40-31(4,5)6)27(24-17-15-23(8-2)16-18-24)28(36)32-20-19-26(35)39-9-3/h15-18,25,27,41H,7-14,19-22H2,1-6H3,(H,32,36)(H,33,38). The van der Waals surface area contributed by atoms with Gasteiger partial charge in [-0.3, -0.25) is 14.4 Å². The van der Waals surface area contributed by atoms with Gasteiger partial charge in [0.1, 0.15) is 17.7 Å². The van der Waals surface area contributed by atoms with Gasteiger partial charge in [0.05, 0.1) is 13.0 Å². The summed E-state index contributed by atoms with van der Waals surface area (Å²) in [4.78, 5) is 53.6. The SMILES string of the molecule is CCCCCCCCN(C(=O)C(CS)NC(=O)OC(C)(C)C)C(C(=O)NCCC(=O)OCC)c1ccc(CC)cc1. The predicted molar refractivity (Wildman–Crippen MR) is 165 cm³/mol. The van der Waals surface area contributed by atoms with Crippen molar-refractivity contribution in [3.05, 3.63) is 35.4 Å². The Balaban J connectivity index is 3.33. The van der Waals surface area contributed by atoms with Crippen LogP contribution in [-0.4, -0.2) is 65.9 Å². The Hall–Kier alpha value is -2.75. The van der Waals surface area contributed by atoms with Gasteiger partial charge in [-0.1, -0.05) is 70.2 Å². The molecule has 3 amide bonds. The van der Waals surface area contributed by atoms with Gasteiger partial charge in [0, 0.05) is 18.8 Å². The molecular formula is C31H51N3O6S. The summed E-state index contributed by atoms with van der Waals surface area (Å²) in [5.74, 6) is -1.22. The third kappa shape index (κ3) is 14.1. The number of carbonyl (C=O) groups excluding carboxylic acids is 4. The first-order valence-corrected chi connectivity index (χ1v) is 15.5. The molecule has 0 fully saturated rings. The normalized spacial score (nSPS) is 12.7. The molecule has 41 heavy (non-hydrogen) atoms. The number of rotatable bonds is 18. The largest absolute Gasteiger partial charge is 0.466 e. The van der Waals surface area contributed by atoms with E-state index in [0.717, 1.165) is 44.1 Å². The third-order valence-corrected chi connectivity index (χ3v) is 6.77. The number of ether oxygens (including phenoxy) is 2. The van der Waals surface area contributed by atoms with E-state index >= 15 is 0 Å². The molecule has 0 radical (unpaired) electrons. The average molecular weight is 594 g/mol. The lowest BCUT2D eigenvalue weighted by Gasteiger charge is -2.34. The van der Waals surface area contributed by atoms with Crippen molar-refractivity contribution >= 4 is 36.5 Å². The van der Waals surface area contributed by atoms with Crippen molar-refractivity contribution in [1.82, 2.24) is 15.5 Å². The highest BCUT2D eigenvalue weighted by molar-refractivity contribution is 7.80. The molecule has 1 aromatic carbocycles. The second kappa shape index (κ2) is 19.4. The molecule has 10 heteroatoms. The van der Waals surface area contributed by atoms with Crippen LogP contribution in [0, 0.1) is 0 Å². The summed E-state index contributed by atoms with van der Waals surface area (Å²) in [6.07, 6.45) is 6.15. The molecule has 2 atom stereocenters. The van der Waals surface area contributed by atoms with Crippen molar-refractivity contribution in [2.75, 3.05) is 25.4 Å². The van der Waals surface area contributed by atoms with Crippen LogP contribution in [0.25, 0.3) is 0 Å². The third-order valence-electron chi connectivity index (χ3n) is 6.40. The molecule has 0 aliphatic heterocycles.